The van der Waals surface area contributed by atoms with E-state index in [1.807, 2.05) is 18.2 Å². The number of ether oxygens (including phenoxy) is 1. The number of aryl methyl sites for hydroxylation is 1. The van der Waals surface area contributed by atoms with E-state index < -0.39 is 4.92 Å². The van der Waals surface area contributed by atoms with Crippen LogP contribution >= 0.6 is 0 Å². The highest BCUT2D eigenvalue weighted by Crippen LogP contribution is 2.25. The number of morpholine rings is 1. The number of hydrogen-bond donors (Lipinski definition) is 1. The predicted octanol–water partition coefficient (Wildman–Crippen LogP) is 1.81. The maximum Gasteiger partial charge on any atom is 0.406 e. The second-order valence-electron chi connectivity index (χ2n) is 5.74. The molecule has 1 aliphatic heterocycles. The van der Waals surface area contributed by atoms with Crippen molar-refractivity contribution in [2.75, 3.05) is 38.2 Å². The highest BCUT2D eigenvalue weighted by Gasteiger charge is 2.25. The second-order valence-corrected chi connectivity index (χ2v) is 5.74. The Kier molecular flexibility index (Phi) is 5.07. The first-order chi connectivity index (χ1) is 11.7. The molecule has 1 aromatic carbocycles. The number of nitrogens with zero attached hydrogens (tertiary/aromatic N) is 4. The maximum atomic E-state index is 11.1. The van der Waals surface area contributed by atoms with E-state index in [1.165, 1.54) is 11.9 Å². The van der Waals surface area contributed by atoms with Crippen LogP contribution in [0.1, 0.15) is 11.6 Å². The van der Waals surface area contributed by atoms with Crippen molar-refractivity contribution in [1.29, 1.82) is 0 Å². The summed E-state index contributed by atoms with van der Waals surface area (Å²) in [5, 5.41) is 14.3. The Morgan fingerprint density at radius 2 is 2.04 bits per heavy atom. The number of imidazole rings is 1. The van der Waals surface area contributed by atoms with Crippen LogP contribution < -0.4 is 5.32 Å². The fourth-order valence-corrected chi connectivity index (χ4v) is 2.97. The molecule has 0 spiro atoms. The third-order valence-electron chi connectivity index (χ3n) is 4.22. The van der Waals surface area contributed by atoms with E-state index in [-0.39, 0.29) is 11.9 Å². The first-order valence-electron chi connectivity index (χ1n) is 7.93. The van der Waals surface area contributed by atoms with Crippen molar-refractivity contribution in [2.45, 2.75) is 6.04 Å². The molecule has 128 valence electrons. The number of benzene rings is 1. The zero-order valence-electron chi connectivity index (χ0n) is 13.6. The van der Waals surface area contributed by atoms with Crippen molar-refractivity contribution in [3.8, 4) is 0 Å². The third kappa shape index (κ3) is 3.55. The zero-order chi connectivity index (χ0) is 16.9. The van der Waals surface area contributed by atoms with Gasteiger partial charge in [-0.2, -0.15) is 0 Å². The van der Waals surface area contributed by atoms with Gasteiger partial charge < -0.3 is 20.2 Å². The van der Waals surface area contributed by atoms with Gasteiger partial charge >= 0.3 is 5.82 Å². The van der Waals surface area contributed by atoms with Crippen molar-refractivity contribution in [3.05, 3.63) is 52.3 Å². The second kappa shape index (κ2) is 7.41. The molecule has 1 fully saturated rings. The first kappa shape index (κ1) is 16.4. The largest absolute Gasteiger partial charge is 0.406 e. The molecule has 3 rings (SSSR count). The maximum absolute atomic E-state index is 11.1. The number of rotatable bonds is 6. The Morgan fingerprint density at radius 1 is 1.33 bits per heavy atom. The summed E-state index contributed by atoms with van der Waals surface area (Å²) in [7, 11) is 1.74. The van der Waals surface area contributed by atoms with Gasteiger partial charge in [0.25, 0.3) is 0 Å². The SMILES string of the molecule is Cn1cnc([N+](=O)[O-])c1NCC(c1ccccc1)N1CCOCC1. The summed E-state index contributed by atoms with van der Waals surface area (Å²) in [6.07, 6.45) is 1.45. The van der Waals surface area contributed by atoms with E-state index in [2.05, 4.69) is 27.3 Å². The smallest absolute Gasteiger partial charge is 0.379 e. The van der Waals surface area contributed by atoms with E-state index in [1.54, 1.807) is 11.6 Å². The highest BCUT2D eigenvalue weighted by atomic mass is 16.6. The van der Waals surface area contributed by atoms with Crippen LogP contribution in [-0.2, 0) is 11.8 Å². The molecule has 1 saturated heterocycles. The van der Waals surface area contributed by atoms with E-state index in [0.717, 1.165) is 13.1 Å². The summed E-state index contributed by atoms with van der Waals surface area (Å²) in [6, 6.07) is 10.3. The molecule has 1 N–H and O–H groups in total. The lowest BCUT2D eigenvalue weighted by Crippen LogP contribution is -2.41. The number of hydrogen-bond acceptors (Lipinski definition) is 6. The number of aromatic nitrogens is 2. The molecular formula is C16H21N5O3. The van der Waals surface area contributed by atoms with Crippen LogP contribution in [0.4, 0.5) is 11.6 Å². The Bertz CT molecular complexity index is 682. The molecule has 0 bridgehead atoms. The molecule has 8 heteroatoms. The topological polar surface area (TPSA) is 85.5 Å². The molecule has 1 aromatic heterocycles. The van der Waals surface area contributed by atoms with Crippen LogP contribution in [0.5, 0.6) is 0 Å². The van der Waals surface area contributed by atoms with E-state index in [0.29, 0.717) is 25.6 Å². The molecule has 2 heterocycles. The van der Waals surface area contributed by atoms with Crippen LogP contribution in [0.25, 0.3) is 0 Å². The normalized spacial score (nSPS) is 16.7. The number of anilines is 1. The summed E-state index contributed by atoms with van der Waals surface area (Å²) in [5.41, 5.74) is 1.18. The lowest BCUT2D eigenvalue weighted by Gasteiger charge is -2.35. The molecular weight excluding hydrogens is 310 g/mol. The van der Waals surface area contributed by atoms with Crippen molar-refractivity contribution >= 4 is 11.6 Å². The van der Waals surface area contributed by atoms with Gasteiger partial charge in [0.15, 0.2) is 0 Å². The molecule has 1 unspecified atom stereocenters. The lowest BCUT2D eigenvalue weighted by atomic mass is 10.0. The highest BCUT2D eigenvalue weighted by molar-refractivity contribution is 5.52. The van der Waals surface area contributed by atoms with Crippen molar-refractivity contribution in [1.82, 2.24) is 14.5 Å². The van der Waals surface area contributed by atoms with E-state index in [4.69, 9.17) is 4.74 Å². The molecule has 1 aliphatic rings. The lowest BCUT2D eigenvalue weighted by molar-refractivity contribution is -0.388. The minimum absolute atomic E-state index is 0.115. The van der Waals surface area contributed by atoms with Crippen LogP contribution in [0.2, 0.25) is 0 Å². The number of nitro groups is 1. The van der Waals surface area contributed by atoms with Gasteiger partial charge in [-0.05, 0) is 15.5 Å². The van der Waals surface area contributed by atoms with Gasteiger partial charge in [0, 0.05) is 26.7 Å². The molecule has 0 saturated carbocycles. The summed E-state index contributed by atoms with van der Waals surface area (Å²) in [4.78, 5) is 16.8. The Morgan fingerprint density at radius 3 is 2.71 bits per heavy atom. The van der Waals surface area contributed by atoms with Crippen LogP contribution in [-0.4, -0.2) is 52.2 Å². The summed E-state index contributed by atoms with van der Waals surface area (Å²) in [6.45, 7) is 3.65. The van der Waals surface area contributed by atoms with Gasteiger partial charge in [-0.15, -0.1) is 0 Å². The monoisotopic (exact) mass is 331 g/mol. The third-order valence-corrected chi connectivity index (χ3v) is 4.22. The molecule has 0 aliphatic carbocycles. The average molecular weight is 331 g/mol. The zero-order valence-corrected chi connectivity index (χ0v) is 13.6. The molecule has 1 atom stereocenters. The van der Waals surface area contributed by atoms with Gasteiger partial charge in [0.1, 0.15) is 0 Å². The van der Waals surface area contributed by atoms with Gasteiger partial charge in [0.05, 0.1) is 19.3 Å². The standard InChI is InChI=1S/C16H21N5O3/c1-19-12-18-16(21(22)23)15(19)17-11-14(13-5-3-2-4-6-13)20-7-9-24-10-8-20/h2-6,12,14,17H,7-11H2,1H3. The fourth-order valence-electron chi connectivity index (χ4n) is 2.97. The minimum Gasteiger partial charge on any atom is -0.379 e. The quantitative estimate of drug-likeness (QED) is 0.642. The van der Waals surface area contributed by atoms with Gasteiger partial charge in [-0.25, -0.2) is 0 Å². The van der Waals surface area contributed by atoms with E-state index >= 15 is 0 Å². The van der Waals surface area contributed by atoms with Crippen LogP contribution in [0, 0.1) is 10.1 Å². The fraction of sp³-hybridized carbons (Fsp3) is 0.438. The van der Waals surface area contributed by atoms with Gasteiger partial charge in [0.2, 0.25) is 12.1 Å². The first-order valence-corrected chi connectivity index (χ1v) is 7.93. The van der Waals surface area contributed by atoms with Crippen molar-refractivity contribution in [3.63, 3.8) is 0 Å². The molecule has 0 amide bonds. The molecule has 24 heavy (non-hydrogen) atoms. The van der Waals surface area contributed by atoms with Crippen molar-refractivity contribution < 1.29 is 9.66 Å². The van der Waals surface area contributed by atoms with Crippen LogP contribution in [0.3, 0.4) is 0 Å². The Labute approximate surface area is 140 Å². The molecule has 2 aromatic rings. The molecule has 8 nitrogen and oxygen atoms in total. The summed E-state index contributed by atoms with van der Waals surface area (Å²) >= 11 is 0. The average Bonchev–Trinajstić information content (AvgIpc) is 2.98. The van der Waals surface area contributed by atoms with Crippen LogP contribution in [0.15, 0.2) is 36.7 Å². The van der Waals surface area contributed by atoms with E-state index in [9.17, 15) is 10.1 Å². The number of nitrogens with one attached hydrogen (secondary N) is 1. The minimum atomic E-state index is -0.464. The van der Waals surface area contributed by atoms with Crippen molar-refractivity contribution in [2.24, 2.45) is 7.05 Å². The summed E-state index contributed by atoms with van der Waals surface area (Å²) < 4.78 is 7.08. The van der Waals surface area contributed by atoms with Gasteiger partial charge in [-0.3, -0.25) is 9.47 Å². The van der Waals surface area contributed by atoms with Gasteiger partial charge in [-0.1, -0.05) is 30.3 Å². The Balaban J connectivity index is 1.80. The Hall–Kier alpha value is -2.45. The molecule has 0 radical (unpaired) electrons. The summed E-state index contributed by atoms with van der Waals surface area (Å²) in [5.74, 6) is 0.278. The predicted molar refractivity (Wildman–Crippen MR) is 89.9 cm³/mol.